The van der Waals surface area contributed by atoms with Crippen molar-refractivity contribution in [2.24, 2.45) is 5.41 Å². The van der Waals surface area contributed by atoms with Gasteiger partial charge in [0.25, 0.3) is 0 Å². The lowest BCUT2D eigenvalue weighted by molar-refractivity contribution is 0.164. The molecule has 1 atom stereocenters. The second kappa shape index (κ2) is 5.72. The first-order valence-corrected chi connectivity index (χ1v) is 6.19. The standard InChI is InChI=1S/C12H26N2/c1-4-9-14(6-3)11-12(5-2)7-8-13-10-12/h13H,4-11H2,1-3H3. The smallest absolute Gasteiger partial charge is 0.00504 e. The minimum absolute atomic E-state index is 0.575. The highest BCUT2D eigenvalue weighted by Crippen LogP contribution is 2.30. The molecule has 0 bridgehead atoms. The van der Waals surface area contributed by atoms with E-state index < -0.39 is 0 Å². The Morgan fingerprint density at radius 2 is 2.07 bits per heavy atom. The van der Waals surface area contributed by atoms with Crippen LogP contribution in [0, 0.1) is 5.41 Å². The molecule has 1 aliphatic rings. The third-order valence-corrected chi connectivity index (χ3v) is 3.63. The van der Waals surface area contributed by atoms with E-state index in [9.17, 15) is 0 Å². The molecule has 84 valence electrons. The van der Waals surface area contributed by atoms with Crippen molar-refractivity contribution in [3.63, 3.8) is 0 Å². The van der Waals surface area contributed by atoms with Crippen molar-refractivity contribution in [1.29, 1.82) is 0 Å². The van der Waals surface area contributed by atoms with E-state index in [4.69, 9.17) is 0 Å². The first kappa shape index (κ1) is 12.0. The Bertz CT molecular complexity index is 150. The molecule has 0 aromatic rings. The number of nitrogens with zero attached hydrogens (tertiary/aromatic N) is 1. The zero-order valence-corrected chi connectivity index (χ0v) is 10.1. The van der Waals surface area contributed by atoms with Crippen LogP contribution >= 0.6 is 0 Å². The van der Waals surface area contributed by atoms with Crippen LogP contribution in [0.1, 0.15) is 40.0 Å². The van der Waals surface area contributed by atoms with E-state index in [2.05, 4.69) is 31.0 Å². The van der Waals surface area contributed by atoms with Crippen LogP contribution in [0.4, 0.5) is 0 Å². The third kappa shape index (κ3) is 2.96. The lowest BCUT2D eigenvalue weighted by Crippen LogP contribution is -2.39. The molecule has 1 N–H and O–H groups in total. The predicted molar refractivity (Wildman–Crippen MR) is 62.6 cm³/mol. The fraction of sp³-hybridized carbons (Fsp3) is 1.00. The number of nitrogens with one attached hydrogen (secondary N) is 1. The highest BCUT2D eigenvalue weighted by molar-refractivity contribution is 4.89. The molecule has 1 saturated heterocycles. The summed E-state index contributed by atoms with van der Waals surface area (Å²) in [6.45, 7) is 13.1. The van der Waals surface area contributed by atoms with E-state index >= 15 is 0 Å². The molecule has 1 aliphatic heterocycles. The van der Waals surface area contributed by atoms with Gasteiger partial charge in [0.1, 0.15) is 0 Å². The Labute approximate surface area is 89.1 Å². The molecular formula is C12H26N2. The topological polar surface area (TPSA) is 15.3 Å². The third-order valence-electron chi connectivity index (χ3n) is 3.63. The lowest BCUT2D eigenvalue weighted by Gasteiger charge is -2.33. The van der Waals surface area contributed by atoms with Crippen LogP contribution in [0.2, 0.25) is 0 Å². The van der Waals surface area contributed by atoms with Gasteiger partial charge in [-0.15, -0.1) is 0 Å². The van der Waals surface area contributed by atoms with Gasteiger partial charge >= 0.3 is 0 Å². The molecule has 14 heavy (non-hydrogen) atoms. The summed E-state index contributed by atoms with van der Waals surface area (Å²) in [7, 11) is 0. The summed E-state index contributed by atoms with van der Waals surface area (Å²) in [5, 5.41) is 3.51. The molecule has 0 aromatic heterocycles. The van der Waals surface area contributed by atoms with Crippen molar-refractivity contribution in [2.75, 3.05) is 32.7 Å². The Morgan fingerprint density at radius 1 is 1.29 bits per heavy atom. The normalized spacial score (nSPS) is 27.4. The van der Waals surface area contributed by atoms with E-state index in [0.29, 0.717) is 5.41 Å². The summed E-state index contributed by atoms with van der Waals surface area (Å²) in [4.78, 5) is 2.61. The first-order chi connectivity index (χ1) is 6.76. The SMILES string of the molecule is CCCN(CC)CC1(CC)CCNC1. The van der Waals surface area contributed by atoms with Gasteiger partial charge in [-0.25, -0.2) is 0 Å². The van der Waals surface area contributed by atoms with Crippen molar-refractivity contribution < 1.29 is 0 Å². The molecule has 0 spiro atoms. The average Bonchev–Trinajstić information content (AvgIpc) is 2.66. The minimum atomic E-state index is 0.575. The van der Waals surface area contributed by atoms with Gasteiger partial charge in [-0.05, 0) is 44.3 Å². The molecule has 1 fully saturated rings. The van der Waals surface area contributed by atoms with E-state index in [0.717, 1.165) is 0 Å². The summed E-state index contributed by atoms with van der Waals surface area (Å²) >= 11 is 0. The lowest BCUT2D eigenvalue weighted by atomic mass is 9.83. The molecular weight excluding hydrogens is 172 g/mol. The van der Waals surface area contributed by atoms with Crippen molar-refractivity contribution in [1.82, 2.24) is 10.2 Å². The molecule has 1 rings (SSSR count). The van der Waals surface area contributed by atoms with Crippen molar-refractivity contribution >= 4 is 0 Å². The van der Waals surface area contributed by atoms with Crippen LogP contribution < -0.4 is 5.32 Å². The van der Waals surface area contributed by atoms with Crippen LogP contribution in [-0.4, -0.2) is 37.6 Å². The van der Waals surface area contributed by atoms with Gasteiger partial charge in [0.05, 0.1) is 0 Å². The number of hydrogen-bond acceptors (Lipinski definition) is 2. The van der Waals surface area contributed by atoms with Gasteiger partial charge in [-0.2, -0.15) is 0 Å². The van der Waals surface area contributed by atoms with Gasteiger partial charge in [0.15, 0.2) is 0 Å². The molecule has 2 nitrogen and oxygen atoms in total. The molecule has 0 amide bonds. The Morgan fingerprint density at radius 3 is 2.50 bits per heavy atom. The van der Waals surface area contributed by atoms with E-state index in [1.807, 2.05) is 0 Å². The predicted octanol–water partition coefficient (Wildman–Crippen LogP) is 2.11. The van der Waals surface area contributed by atoms with Crippen molar-refractivity contribution in [3.05, 3.63) is 0 Å². The van der Waals surface area contributed by atoms with Crippen LogP contribution in [0.3, 0.4) is 0 Å². The maximum Gasteiger partial charge on any atom is 0.00504 e. The summed E-state index contributed by atoms with van der Waals surface area (Å²) in [6, 6.07) is 0. The van der Waals surface area contributed by atoms with Crippen molar-refractivity contribution in [2.45, 2.75) is 40.0 Å². The number of hydrogen-bond donors (Lipinski definition) is 1. The summed E-state index contributed by atoms with van der Waals surface area (Å²) in [5.74, 6) is 0. The van der Waals surface area contributed by atoms with Crippen LogP contribution in [0.5, 0.6) is 0 Å². The molecule has 1 heterocycles. The molecule has 0 saturated carbocycles. The Balaban J connectivity index is 2.44. The molecule has 1 unspecified atom stereocenters. The van der Waals surface area contributed by atoms with Gasteiger partial charge < -0.3 is 10.2 Å². The van der Waals surface area contributed by atoms with E-state index in [1.165, 1.54) is 52.0 Å². The Hall–Kier alpha value is -0.0800. The monoisotopic (exact) mass is 198 g/mol. The highest BCUT2D eigenvalue weighted by Gasteiger charge is 2.33. The molecule has 0 aliphatic carbocycles. The summed E-state index contributed by atoms with van der Waals surface area (Å²) in [5.41, 5.74) is 0.575. The number of rotatable bonds is 6. The van der Waals surface area contributed by atoms with E-state index in [1.54, 1.807) is 0 Å². The summed E-state index contributed by atoms with van der Waals surface area (Å²) in [6.07, 6.45) is 3.96. The van der Waals surface area contributed by atoms with Gasteiger partial charge in [-0.1, -0.05) is 20.8 Å². The molecule has 0 aromatic carbocycles. The fourth-order valence-electron chi connectivity index (χ4n) is 2.48. The Kier molecular flexibility index (Phi) is 4.90. The van der Waals surface area contributed by atoms with Gasteiger partial charge in [-0.3, -0.25) is 0 Å². The quantitative estimate of drug-likeness (QED) is 0.703. The van der Waals surface area contributed by atoms with Crippen molar-refractivity contribution in [3.8, 4) is 0 Å². The fourth-order valence-corrected chi connectivity index (χ4v) is 2.48. The van der Waals surface area contributed by atoms with Gasteiger partial charge in [0.2, 0.25) is 0 Å². The zero-order chi connectivity index (χ0) is 10.4. The average molecular weight is 198 g/mol. The summed E-state index contributed by atoms with van der Waals surface area (Å²) < 4.78 is 0. The zero-order valence-electron chi connectivity index (χ0n) is 10.1. The first-order valence-electron chi connectivity index (χ1n) is 6.19. The maximum absolute atomic E-state index is 3.51. The second-order valence-corrected chi connectivity index (χ2v) is 4.65. The van der Waals surface area contributed by atoms with Crippen LogP contribution in [0.25, 0.3) is 0 Å². The van der Waals surface area contributed by atoms with Crippen LogP contribution in [-0.2, 0) is 0 Å². The minimum Gasteiger partial charge on any atom is -0.316 e. The highest BCUT2D eigenvalue weighted by atomic mass is 15.1. The second-order valence-electron chi connectivity index (χ2n) is 4.65. The largest absolute Gasteiger partial charge is 0.316 e. The molecule has 0 radical (unpaired) electrons. The van der Waals surface area contributed by atoms with Crippen LogP contribution in [0.15, 0.2) is 0 Å². The molecule has 2 heteroatoms. The van der Waals surface area contributed by atoms with Gasteiger partial charge in [0, 0.05) is 13.1 Å². The van der Waals surface area contributed by atoms with E-state index in [-0.39, 0.29) is 0 Å². The maximum atomic E-state index is 3.51.